The number of thioether (sulfide) groups is 1. The van der Waals surface area contributed by atoms with Crippen molar-refractivity contribution in [2.45, 2.75) is 23.5 Å². The lowest BCUT2D eigenvalue weighted by Gasteiger charge is -2.15. The molecule has 0 radical (unpaired) electrons. The minimum Gasteiger partial charge on any atom is -0.348 e. The number of nitrogens with zero attached hydrogens (tertiary/aromatic N) is 3. The highest BCUT2D eigenvalue weighted by Gasteiger charge is 2.33. The van der Waals surface area contributed by atoms with Crippen molar-refractivity contribution >= 4 is 17.7 Å². The molecule has 1 heterocycles. The van der Waals surface area contributed by atoms with E-state index < -0.39 is 17.1 Å². The summed E-state index contributed by atoms with van der Waals surface area (Å²) < 4.78 is 37.3. The molecule has 0 fully saturated rings. The predicted octanol–water partition coefficient (Wildman–Crippen LogP) is 2.06. The molecule has 0 saturated heterocycles. The van der Waals surface area contributed by atoms with Crippen molar-refractivity contribution in [2.75, 3.05) is 14.1 Å². The van der Waals surface area contributed by atoms with E-state index in [1.165, 1.54) is 4.90 Å². The first-order valence-electron chi connectivity index (χ1n) is 5.00. The van der Waals surface area contributed by atoms with Crippen molar-refractivity contribution in [3.63, 3.8) is 0 Å². The van der Waals surface area contributed by atoms with Crippen LogP contribution in [0.5, 0.6) is 0 Å². The maximum atomic E-state index is 12.4. The van der Waals surface area contributed by atoms with E-state index in [0.29, 0.717) is 0 Å². The number of carbonyl (C=O) groups excluding carboxylic acids is 1. The lowest BCUT2D eigenvalue weighted by molar-refractivity contribution is -0.141. The van der Waals surface area contributed by atoms with Gasteiger partial charge in [0.15, 0.2) is 5.16 Å². The molecular formula is C10H12F3N3OS. The average Bonchev–Trinajstić information content (AvgIpc) is 2.27. The van der Waals surface area contributed by atoms with Crippen LogP contribution in [0.2, 0.25) is 0 Å². The predicted molar refractivity (Wildman–Crippen MR) is 61.0 cm³/mol. The number of rotatable bonds is 3. The van der Waals surface area contributed by atoms with E-state index >= 15 is 0 Å². The second kappa shape index (κ2) is 5.55. The van der Waals surface area contributed by atoms with Crippen LogP contribution in [0.25, 0.3) is 0 Å². The van der Waals surface area contributed by atoms with E-state index in [-0.39, 0.29) is 11.1 Å². The average molecular weight is 279 g/mol. The standard InChI is InChI=1S/C10H12F3N3OS/c1-6(8(17)16(2)3)18-9-14-5-4-7(15-9)10(11,12)13/h4-6H,1-3H3/t6-/m0/s1. The number of amides is 1. The van der Waals surface area contributed by atoms with Crippen LogP contribution in [0.4, 0.5) is 13.2 Å². The molecule has 1 atom stereocenters. The third-order valence-electron chi connectivity index (χ3n) is 1.99. The van der Waals surface area contributed by atoms with Gasteiger partial charge in [-0.1, -0.05) is 11.8 Å². The largest absolute Gasteiger partial charge is 0.433 e. The number of alkyl halides is 3. The van der Waals surface area contributed by atoms with Crippen LogP contribution >= 0.6 is 11.8 Å². The van der Waals surface area contributed by atoms with Crippen molar-refractivity contribution in [3.05, 3.63) is 18.0 Å². The zero-order chi connectivity index (χ0) is 13.9. The zero-order valence-corrected chi connectivity index (χ0v) is 10.8. The molecule has 1 rings (SSSR count). The van der Waals surface area contributed by atoms with E-state index in [0.717, 1.165) is 24.0 Å². The molecule has 0 aliphatic heterocycles. The highest BCUT2D eigenvalue weighted by molar-refractivity contribution is 8.00. The second-order valence-electron chi connectivity index (χ2n) is 3.71. The molecule has 0 bridgehead atoms. The third kappa shape index (κ3) is 3.86. The Bertz CT molecular complexity index is 437. The van der Waals surface area contributed by atoms with E-state index in [4.69, 9.17) is 0 Å². The van der Waals surface area contributed by atoms with Crippen LogP contribution < -0.4 is 0 Å². The highest BCUT2D eigenvalue weighted by atomic mass is 32.2. The second-order valence-corrected chi connectivity index (χ2v) is 5.02. The van der Waals surface area contributed by atoms with Crippen molar-refractivity contribution in [3.8, 4) is 0 Å². The third-order valence-corrected chi connectivity index (χ3v) is 2.96. The monoisotopic (exact) mass is 279 g/mol. The Morgan fingerprint density at radius 3 is 2.56 bits per heavy atom. The Kier molecular flexibility index (Phi) is 4.55. The van der Waals surface area contributed by atoms with Crippen molar-refractivity contribution < 1.29 is 18.0 Å². The van der Waals surface area contributed by atoms with Gasteiger partial charge in [-0.3, -0.25) is 4.79 Å². The Labute approximate surface area is 107 Å². The summed E-state index contributed by atoms with van der Waals surface area (Å²) in [6.45, 7) is 1.59. The lowest BCUT2D eigenvalue weighted by Crippen LogP contribution is -2.29. The smallest absolute Gasteiger partial charge is 0.348 e. The molecule has 0 saturated carbocycles. The van der Waals surface area contributed by atoms with E-state index in [9.17, 15) is 18.0 Å². The number of halogens is 3. The molecule has 0 spiro atoms. The summed E-state index contributed by atoms with van der Waals surface area (Å²) in [5, 5.41) is -0.601. The Morgan fingerprint density at radius 1 is 1.44 bits per heavy atom. The molecule has 1 aromatic rings. The molecule has 0 aliphatic carbocycles. The zero-order valence-electron chi connectivity index (χ0n) is 10.0. The van der Waals surface area contributed by atoms with Crippen LogP contribution in [0.1, 0.15) is 12.6 Å². The van der Waals surface area contributed by atoms with Crippen LogP contribution in [0.3, 0.4) is 0 Å². The van der Waals surface area contributed by atoms with Gasteiger partial charge in [0.1, 0.15) is 5.69 Å². The molecule has 8 heteroatoms. The fourth-order valence-corrected chi connectivity index (χ4v) is 2.03. The van der Waals surface area contributed by atoms with Crippen molar-refractivity contribution in [1.82, 2.24) is 14.9 Å². The quantitative estimate of drug-likeness (QED) is 0.627. The summed E-state index contributed by atoms with van der Waals surface area (Å²) in [5.74, 6) is -0.207. The molecule has 0 unspecified atom stereocenters. The summed E-state index contributed by atoms with van der Waals surface area (Å²) >= 11 is 0.897. The van der Waals surface area contributed by atoms with Gasteiger partial charge in [-0.05, 0) is 13.0 Å². The number of carbonyl (C=O) groups is 1. The summed E-state index contributed by atoms with van der Waals surface area (Å²) in [6.07, 6.45) is -3.47. The molecule has 4 nitrogen and oxygen atoms in total. The maximum absolute atomic E-state index is 12.4. The van der Waals surface area contributed by atoms with Crippen LogP contribution in [-0.2, 0) is 11.0 Å². The summed E-state index contributed by atoms with van der Waals surface area (Å²) in [7, 11) is 3.15. The summed E-state index contributed by atoms with van der Waals surface area (Å²) in [6, 6.07) is 0.794. The minimum atomic E-state index is -4.51. The molecule has 1 amide bonds. The number of hydrogen-bond donors (Lipinski definition) is 0. The highest BCUT2D eigenvalue weighted by Crippen LogP contribution is 2.29. The van der Waals surface area contributed by atoms with Crippen molar-refractivity contribution in [1.29, 1.82) is 0 Å². The van der Waals surface area contributed by atoms with E-state index in [1.54, 1.807) is 21.0 Å². The maximum Gasteiger partial charge on any atom is 0.433 e. The van der Waals surface area contributed by atoms with Gasteiger partial charge in [0, 0.05) is 20.3 Å². The molecule has 0 aliphatic rings. The Morgan fingerprint density at radius 2 is 2.06 bits per heavy atom. The van der Waals surface area contributed by atoms with Gasteiger partial charge in [-0.2, -0.15) is 13.2 Å². The van der Waals surface area contributed by atoms with Gasteiger partial charge < -0.3 is 4.90 Å². The lowest BCUT2D eigenvalue weighted by atomic mass is 10.4. The first-order chi connectivity index (χ1) is 8.21. The molecule has 1 aromatic heterocycles. The molecular weight excluding hydrogens is 267 g/mol. The SMILES string of the molecule is C[C@H](Sc1nccc(C(F)(F)F)n1)C(=O)N(C)C. The fraction of sp³-hybridized carbons (Fsp3) is 0.500. The van der Waals surface area contributed by atoms with Crippen LogP contribution in [0, 0.1) is 0 Å². The van der Waals surface area contributed by atoms with E-state index in [1.807, 2.05) is 0 Å². The summed E-state index contributed by atoms with van der Waals surface area (Å²) in [4.78, 5) is 20.0. The molecule has 18 heavy (non-hydrogen) atoms. The first-order valence-corrected chi connectivity index (χ1v) is 5.88. The van der Waals surface area contributed by atoms with Crippen LogP contribution in [0.15, 0.2) is 17.4 Å². The van der Waals surface area contributed by atoms with Gasteiger partial charge in [0.25, 0.3) is 0 Å². The van der Waals surface area contributed by atoms with Crippen molar-refractivity contribution in [2.24, 2.45) is 0 Å². The normalized spacial score (nSPS) is 13.2. The number of aromatic nitrogens is 2. The van der Waals surface area contributed by atoms with Gasteiger partial charge >= 0.3 is 6.18 Å². The topological polar surface area (TPSA) is 46.1 Å². The minimum absolute atomic E-state index is 0.0625. The first kappa shape index (κ1) is 14.7. The molecule has 100 valence electrons. The number of hydrogen-bond acceptors (Lipinski definition) is 4. The Hall–Kier alpha value is -1.31. The Balaban J connectivity index is 2.83. The van der Waals surface area contributed by atoms with Gasteiger partial charge in [0.2, 0.25) is 5.91 Å². The molecule has 0 N–H and O–H groups in total. The van der Waals surface area contributed by atoms with E-state index in [2.05, 4.69) is 9.97 Å². The summed E-state index contributed by atoms with van der Waals surface area (Å²) in [5.41, 5.74) is -1.01. The van der Waals surface area contributed by atoms with Gasteiger partial charge in [-0.25, -0.2) is 9.97 Å². The van der Waals surface area contributed by atoms with Gasteiger partial charge in [-0.15, -0.1) is 0 Å². The fourth-order valence-electron chi connectivity index (χ4n) is 1.13. The van der Waals surface area contributed by atoms with Crippen LogP contribution in [-0.4, -0.2) is 40.1 Å². The molecule has 0 aromatic carbocycles. The van der Waals surface area contributed by atoms with Gasteiger partial charge in [0.05, 0.1) is 5.25 Å².